The third-order valence-electron chi connectivity index (χ3n) is 2.31. The Hall–Kier alpha value is -1.83. The lowest BCUT2D eigenvalue weighted by Crippen LogP contribution is -2.49. The molecule has 0 aliphatic heterocycles. The summed E-state index contributed by atoms with van der Waals surface area (Å²) in [4.78, 5) is 23.4. The van der Waals surface area contributed by atoms with E-state index in [1.165, 1.54) is 18.2 Å². The SMILES string of the molecule is C=CCNC(=S)NNC(=O)CNC(=O)c1ccc(Cl)cc1Cl. The number of hydrogen-bond acceptors (Lipinski definition) is 3. The summed E-state index contributed by atoms with van der Waals surface area (Å²) >= 11 is 16.5. The van der Waals surface area contributed by atoms with E-state index in [2.05, 4.69) is 28.1 Å². The summed E-state index contributed by atoms with van der Waals surface area (Å²) < 4.78 is 0. The number of amides is 2. The fraction of sp³-hybridized carbons (Fsp3) is 0.154. The van der Waals surface area contributed by atoms with Gasteiger partial charge in [0.15, 0.2) is 5.11 Å². The first-order valence-electron chi connectivity index (χ1n) is 6.11. The number of thiocarbonyl (C=S) groups is 1. The van der Waals surface area contributed by atoms with Crippen LogP contribution in [0.5, 0.6) is 0 Å². The summed E-state index contributed by atoms with van der Waals surface area (Å²) in [5.41, 5.74) is 5.04. The Morgan fingerprint density at radius 3 is 2.59 bits per heavy atom. The Bertz CT molecular complexity index is 595. The van der Waals surface area contributed by atoms with E-state index in [1.54, 1.807) is 6.08 Å². The zero-order chi connectivity index (χ0) is 16.5. The maximum Gasteiger partial charge on any atom is 0.257 e. The average molecular weight is 361 g/mol. The molecule has 0 fully saturated rings. The zero-order valence-corrected chi connectivity index (χ0v) is 13.7. The van der Waals surface area contributed by atoms with E-state index in [4.69, 9.17) is 35.4 Å². The maximum absolute atomic E-state index is 11.9. The predicted molar refractivity (Wildman–Crippen MR) is 90.9 cm³/mol. The molecular weight excluding hydrogens is 347 g/mol. The second kappa shape index (κ2) is 9.24. The van der Waals surface area contributed by atoms with E-state index in [0.717, 1.165) is 0 Å². The second-order valence-corrected chi connectivity index (χ2v) is 5.23. The number of carbonyl (C=O) groups is 2. The average Bonchev–Trinajstić information content (AvgIpc) is 2.48. The molecule has 0 heterocycles. The van der Waals surface area contributed by atoms with Crippen LogP contribution in [-0.2, 0) is 4.79 Å². The van der Waals surface area contributed by atoms with E-state index in [9.17, 15) is 9.59 Å². The molecule has 0 aliphatic carbocycles. The summed E-state index contributed by atoms with van der Waals surface area (Å²) in [6, 6.07) is 4.46. The first-order valence-corrected chi connectivity index (χ1v) is 7.27. The molecule has 0 atom stereocenters. The summed E-state index contributed by atoms with van der Waals surface area (Å²) in [6.45, 7) is 3.74. The van der Waals surface area contributed by atoms with Crippen molar-refractivity contribution in [3.8, 4) is 0 Å². The minimum absolute atomic E-state index is 0.207. The minimum atomic E-state index is -0.482. The molecule has 9 heteroatoms. The minimum Gasteiger partial charge on any atom is -0.358 e. The number of hydrazine groups is 1. The molecular formula is C13H14Cl2N4O2S. The van der Waals surface area contributed by atoms with E-state index in [0.29, 0.717) is 11.6 Å². The Kier molecular flexibility index (Phi) is 7.65. The van der Waals surface area contributed by atoms with Gasteiger partial charge in [-0.3, -0.25) is 20.4 Å². The molecule has 2 amide bonds. The normalized spacial score (nSPS) is 9.55. The van der Waals surface area contributed by atoms with E-state index >= 15 is 0 Å². The fourth-order valence-corrected chi connectivity index (χ4v) is 1.94. The van der Waals surface area contributed by atoms with Gasteiger partial charge in [0.1, 0.15) is 0 Å². The Morgan fingerprint density at radius 1 is 1.23 bits per heavy atom. The van der Waals surface area contributed by atoms with Gasteiger partial charge in [0.25, 0.3) is 11.8 Å². The van der Waals surface area contributed by atoms with Crippen LogP contribution in [0, 0.1) is 0 Å². The predicted octanol–water partition coefficient (Wildman–Crippen LogP) is 1.40. The lowest BCUT2D eigenvalue weighted by Gasteiger charge is -2.11. The van der Waals surface area contributed by atoms with Crippen molar-refractivity contribution in [2.45, 2.75) is 0 Å². The Morgan fingerprint density at radius 2 is 1.95 bits per heavy atom. The first kappa shape index (κ1) is 18.2. The highest BCUT2D eigenvalue weighted by atomic mass is 35.5. The van der Waals surface area contributed by atoms with Crippen molar-refractivity contribution in [3.05, 3.63) is 46.5 Å². The molecule has 6 nitrogen and oxygen atoms in total. The summed E-state index contributed by atoms with van der Waals surface area (Å²) in [6.07, 6.45) is 1.62. The molecule has 0 radical (unpaired) electrons. The largest absolute Gasteiger partial charge is 0.358 e. The van der Waals surface area contributed by atoms with Crippen LogP contribution in [0.25, 0.3) is 0 Å². The standard InChI is InChI=1S/C13H14Cl2N4O2S/c1-2-5-16-13(22)19-18-11(20)7-17-12(21)9-4-3-8(14)6-10(9)15/h2-4,6H,1,5,7H2,(H,17,21)(H,18,20)(H2,16,19,22). The smallest absolute Gasteiger partial charge is 0.257 e. The molecule has 118 valence electrons. The van der Waals surface area contributed by atoms with Gasteiger partial charge in [-0.1, -0.05) is 29.3 Å². The van der Waals surface area contributed by atoms with Crippen molar-refractivity contribution >= 4 is 52.3 Å². The molecule has 0 saturated carbocycles. The van der Waals surface area contributed by atoms with Gasteiger partial charge in [0.05, 0.1) is 17.1 Å². The van der Waals surface area contributed by atoms with Crippen LogP contribution in [0.3, 0.4) is 0 Å². The highest BCUT2D eigenvalue weighted by Gasteiger charge is 2.12. The number of benzene rings is 1. The first-order chi connectivity index (χ1) is 10.4. The fourth-order valence-electron chi connectivity index (χ4n) is 1.31. The van der Waals surface area contributed by atoms with Crippen molar-refractivity contribution in [2.24, 2.45) is 0 Å². The van der Waals surface area contributed by atoms with Crippen molar-refractivity contribution < 1.29 is 9.59 Å². The monoisotopic (exact) mass is 360 g/mol. The van der Waals surface area contributed by atoms with Crippen molar-refractivity contribution in [3.63, 3.8) is 0 Å². The highest BCUT2D eigenvalue weighted by molar-refractivity contribution is 7.80. The second-order valence-electron chi connectivity index (χ2n) is 3.98. The van der Waals surface area contributed by atoms with Crippen LogP contribution < -0.4 is 21.5 Å². The van der Waals surface area contributed by atoms with Crippen LogP contribution in [0.15, 0.2) is 30.9 Å². The van der Waals surface area contributed by atoms with Gasteiger partial charge in [-0.25, -0.2) is 0 Å². The van der Waals surface area contributed by atoms with Gasteiger partial charge >= 0.3 is 0 Å². The van der Waals surface area contributed by atoms with Gasteiger partial charge < -0.3 is 10.6 Å². The van der Waals surface area contributed by atoms with Gasteiger partial charge in [-0.15, -0.1) is 6.58 Å². The molecule has 0 unspecified atom stereocenters. The van der Waals surface area contributed by atoms with E-state index < -0.39 is 11.8 Å². The quantitative estimate of drug-likeness (QED) is 0.362. The Labute approximate surface area is 143 Å². The van der Waals surface area contributed by atoms with Gasteiger partial charge in [0, 0.05) is 11.6 Å². The van der Waals surface area contributed by atoms with Gasteiger partial charge in [-0.2, -0.15) is 0 Å². The topological polar surface area (TPSA) is 82.3 Å². The lowest BCUT2D eigenvalue weighted by molar-refractivity contribution is -0.120. The van der Waals surface area contributed by atoms with E-state index in [1.807, 2.05) is 0 Å². The molecule has 0 aliphatic rings. The third kappa shape index (κ3) is 6.30. The van der Waals surface area contributed by atoms with Crippen molar-refractivity contribution in [1.29, 1.82) is 0 Å². The molecule has 22 heavy (non-hydrogen) atoms. The molecule has 0 saturated heterocycles. The lowest BCUT2D eigenvalue weighted by atomic mass is 10.2. The van der Waals surface area contributed by atoms with Crippen molar-refractivity contribution in [2.75, 3.05) is 13.1 Å². The van der Waals surface area contributed by atoms with Gasteiger partial charge in [-0.05, 0) is 30.4 Å². The molecule has 4 N–H and O–H groups in total. The highest BCUT2D eigenvalue weighted by Crippen LogP contribution is 2.20. The molecule has 1 aromatic rings. The molecule has 0 bridgehead atoms. The molecule has 0 aromatic heterocycles. The van der Waals surface area contributed by atoms with Crippen molar-refractivity contribution in [1.82, 2.24) is 21.5 Å². The number of carbonyl (C=O) groups excluding carboxylic acids is 2. The van der Waals surface area contributed by atoms with Crippen LogP contribution in [0.4, 0.5) is 0 Å². The number of hydrogen-bond donors (Lipinski definition) is 4. The third-order valence-corrected chi connectivity index (χ3v) is 3.10. The summed E-state index contributed by atoms with van der Waals surface area (Å²) in [7, 11) is 0. The molecule has 1 aromatic carbocycles. The van der Waals surface area contributed by atoms with Gasteiger partial charge in [0.2, 0.25) is 0 Å². The molecule has 1 rings (SSSR count). The van der Waals surface area contributed by atoms with Crippen LogP contribution in [0.1, 0.15) is 10.4 Å². The summed E-state index contributed by atoms with van der Waals surface area (Å²) in [5.74, 6) is -0.953. The maximum atomic E-state index is 11.9. The molecule has 0 spiro atoms. The number of rotatable bonds is 5. The van der Waals surface area contributed by atoms with E-state index in [-0.39, 0.29) is 22.2 Å². The van der Waals surface area contributed by atoms with Crippen LogP contribution in [0.2, 0.25) is 10.0 Å². The summed E-state index contributed by atoms with van der Waals surface area (Å²) in [5, 5.41) is 6.05. The number of halogens is 2. The zero-order valence-electron chi connectivity index (χ0n) is 11.4. The van der Waals surface area contributed by atoms with Crippen LogP contribution >= 0.6 is 35.4 Å². The number of nitrogens with one attached hydrogen (secondary N) is 4. The Balaban J connectivity index is 2.39. The van der Waals surface area contributed by atoms with Crippen LogP contribution in [-0.4, -0.2) is 30.0 Å².